The number of nitrogens with one attached hydrogen (secondary N) is 2. The molecule has 1 saturated heterocycles. The van der Waals surface area contributed by atoms with E-state index >= 15 is 0 Å². The Balaban J connectivity index is 1.65. The number of ether oxygens (including phenoxy) is 2. The van der Waals surface area contributed by atoms with Gasteiger partial charge in [-0.3, -0.25) is 0 Å². The van der Waals surface area contributed by atoms with Gasteiger partial charge in [-0.25, -0.2) is 9.78 Å². The van der Waals surface area contributed by atoms with E-state index in [0.29, 0.717) is 17.5 Å². The number of esters is 1. The van der Waals surface area contributed by atoms with Gasteiger partial charge in [0, 0.05) is 19.3 Å². The van der Waals surface area contributed by atoms with Gasteiger partial charge in [-0.15, -0.1) is 0 Å². The van der Waals surface area contributed by atoms with Gasteiger partial charge >= 0.3 is 5.97 Å². The molecule has 2 rings (SSSR count). The molecule has 0 amide bonds. The van der Waals surface area contributed by atoms with Crippen molar-refractivity contribution in [3.8, 4) is 0 Å². The average Bonchev–Trinajstić information content (AvgIpc) is 2.55. The molecule has 1 aromatic rings. The van der Waals surface area contributed by atoms with E-state index in [4.69, 9.17) is 4.74 Å². The number of anilines is 1. The van der Waals surface area contributed by atoms with E-state index in [1.165, 1.54) is 7.11 Å². The van der Waals surface area contributed by atoms with Gasteiger partial charge in [0.15, 0.2) is 0 Å². The van der Waals surface area contributed by atoms with Gasteiger partial charge in [-0.1, -0.05) is 0 Å². The van der Waals surface area contributed by atoms with Crippen LogP contribution in [0.1, 0.15) is 29.6 Å². The van der Waals surface area contributed by atoms with Crippen LogP contribution in [0.2, 0.25) is 0 Å². The van der Waals surface area contributed by atoms with E-state index in [0.717, 1.165) is 45.5 Å². The Hall–Kier alpha value is -1.66. The van der Waals surface area contributed by atoms with Crippen LogP contribution in [0.3, 0.4) is 0 Å². The highest BCUT2D eigenvalue weighted by Crippen LogP contribution is 2.09. The fraction of sp³-hybridized carbons (Fsp3) is 0.600. The molecular weight excluding hydrogens is 270 g/mol. The van der Waals surface area contributed by atoms with E-state index in [9.17, 15) is 4.79 Å². The Morgan fingerprint density at radius 3 is 3.05 bits per heavy atom. The zero-order valence-electron chi connectivity index (χ0n) is 12.4. The van der Waals surface area contributed by atoms with Gasteiger partial charge in [-0.2, -0.15) is 0 Å². The van der Waals surface area contributed by atoms with Crippen LogP contribution in [0.25, 0.3) is 0 Å². The maximum atomic E-state index is 11.4. The molecule has 1 aliphatic heterocycles. The van der Waals surface area contributed by atoms with Gasteiger partial charge < -0.3 is 20.1 Å². The summed E-state index contributed by atoms with van der Waals surface area (Å²) in [4.78, 5) is 15.6. The molecule has 0 atom stereocenters. The SMILES string of the molecule is COC(=O)c1ccnc(NCCCOC2CCNCC2)c1. The summed E-state index contributed by atoms with van der Waals surface area (Å²) in [6.45, 7) is 3.61. The third-order valence-corrected chi connectivity index (χ3v) is 3.45. The quantitative estimate of drug-likeness (QED) is 0.585. The Bertz CT molecular complexity index is 448. The molecule has 1 aliphatic rings. The molecule has 0 aromatic carbocycles. The van der Waals surface area contributed by atoms with Crippen molar-refractivity contribution in [2.75, 3.05) is 38.7 Å². The fourth-order valence-electron chi connectivity index (χ4n) is 2.27. The maximum Gasteiger partial charge on any atom is 0.338 e. The number of carbonyl (C=O) groups excluding carboxylic acids is 1. The monoisotopic (exact) mass is 293 g/mol. The summed E-state index contributed by atoms with van der Waals surface area (Å²) in [7, 11) is 1.37. The summed E-state index contributed by atoms with van der Waals surface area (Å²) >= 11 is 0. The predicted octanol–water partition coefficient (Wildman–Crippen LogP) is 1.44. The minimum absolute atomic E-state index is 0.352. The molecule has 0 aliphatic carbocycles. The predicted molar refractivity (Wildman–Crippen MR) is 80.5 cm³/mol. The number of nitrogens with zero attached hydrogens (tertiary/aromatic N) is 1. The number of hydrogen-bond acceptors (Lipinski definition) is 6. The van der Waals surface area contributed by atoms with Crippen molar-refractivity contribution in [1.29, 1.82) is 0 Å². The Morgan fingerprint density at radius 2 is 2.29 bits per heavy atom. The van der Waals surface area contributed by atoms with E-state index in [2.05, 4.69) is 20.4 Å². The molecule has 0 saturated carbocycles. The summed E-state index contributed by atoms with van der Waals surface area (Å²) in [6.07, 6.45) is 5.09. The van der Waals surface area contributed by atoms with Crippen molar-refractivity contribution >= 4 is 11.8 Å². The van der Waals surface area contributed by atoms with Crippen LogP contribution in [0.15, 0.2) is 18.3 Å². The van der Waals surface area contributed by atoms with Crippen molar-refractivity contribution in [1.82, 2.24) is 10.3 Å². The highest BCUT2D eigenvalue weighted by molar-refractivity contribution is 5.89. The standard InChI is InChI=1S/C15H23N3O3/c1-20-15(19)12-3-9-18-14(11-12)17-6-2-10-21-13-4-7-16-8-5-13/h3,9,11,13,16H,2,4-8,10H2,1H3,(H,17,18). The molecule has 1 fully saturated rings. The first-order valence-corrected chi connectivity index (χ1v) is 7.40. The normalized spacial score (nSPS) is 15.7. The van der Waals surface area contributed by atoms with Crippen LogP contribution < -0.4 is 10.6 Å². The molecule has 2 N–H and O–H groups in total. The van der Waals surface area contributed by atoms with Crippen molar-refractivity contribution in [3.63, 3.8) is 0 Å². The third-order valence-electron chi connectivity index (χ3n) is 3.45. The average molecular weight is 293 g/mol. The molecule has 2 heterocycles. The first kappa shape index (κ1) is 15.7. The van der Waals surface area contributed by atoms with Gasteiger partial charge in [0.25, 0.3) is 0 Å². The highest BCUT2D eigenvalue weighted by atomic mass is 16.5. The van der Waals surface area contributed by atoms with Crippen molar-refractivity contribution < 1.29 is 14.3 Å². The first-order valence-electron chi connectivity index (χ1n) is 7.40. The lowest BCUT2D eigenvalue weighted by molar-refractivity contribution is 0.0329. The fourth-order valence-corrected chi connectivity index (χ4v) is 2.27. The second kappa shape index (κ2) is 8.59. The second-order valence-electron chi connectivity index (χ2n) is 5.02. The summed E-state index contributed by atoms with van der Waals surface area (Å²) in [5, 5.41) is 6.51. The minimum atomic E-state index is -0.352. The number of rotatable bonds is 7. The Morgan fingerprint density at radius 1 is 1.48 bits per heavy atom. The van der Waals surface area contributed by atoms with Crippen LogP contribution in [-0.4, -0.2) is 50.4 Å². The molecule has 0 radical (unpaired) electrons. The van der Waals surface area contributed by atoms with Gasteiger partial charge in [-0.05, 0) is 44.5 Å². The van der Waals surface area contributed by atoms with Crippen LogP contribution in [0, 0.1) is 0 Å². The first-order chi connectivity index (χ1) is 10.3. The van der Waals surface area contributed by atoms with E-state index in [1.807, 2.05) is 0 Å². The maximum absolute atomic E-state index is 11.4. The smallest absolute Gasteiger partial charge is 0.338 e. The number of pyridine rings is 1. The van der Waals surface area contributed by atoms with Gasteiger partial charge in [0.1, 0.15) is 5.82 Å². The van der Waals surface area contributed by atoms with Gasteiger partial charge in [0.2, 0.25) is 0 Å². The highest BCUT2D eigenvalue weighted by Gasteiger charge is 2.12. The Labute approximate surface area is 125 Å². The van der Waals surface area contributed by atoms with Crippen molar-refractivity contribution in [2.24, 2.45) is 0 Å². The van der Waals surface area contributed by atoms with Crippen molar-refractivity contribution in [3.05, 3.63) is 23.9 Å². The number of hydrogen-bond donors (Lipinski definition) is 2. The Kier molecular flexibility index (Phi) is 6.43. The van der Waals surface area contributed by atoms with Crippen LogP contribution in [0.5, 0.6) is 0 Å². The number of carbonyl (C=O) groups is 1. The zero-order chi connectivity index (χ0) is 14.9. The molecule has 0 spiro atoms. The number of methoxy groups -OCH3 is 1. The molecular formula is C15H23N3O3. The van der Waals surface area contributed by atoms with E-state index < -0.39 is 0 Å². The summed E-state index contributed by atoms with van der Waals surface area (Å²) in [5.41, 5.74) is 0.501. The molecule has 1 aromatic heterocycles. The number of aromatic nitrogens is 1. The third kappa shape index (κ3) is 5.32. The topological polar surface area (TPSA) is 72.5 Å². The number of piperidine rings is 1. The zero-order valence-corrected chi connectivity index (χ0v) is 12.4. The van der Waals surface area contributed by atoms with Crippen LogP contribution >= 0.6 is 0 Å². The summed E-state index contributed by atoms with van der Waals surface area (Å²) in [5.74, 6) is 0.328. The largest absolute Gasteiger partial charge is 0.465 e. The van der Waals surface area contributed by atoms with E-state index in [-0.39, 0.29) is 5.97 Å². The second-order valence-corrected chi connectivity index (χ2v) is 5.02. The van der Waals surface area contributed by atoms with Crippen LogP contribution in [-0.2, 0) is 9.47 Å². The molecule has 6 heteroatoms. The summed E-state index contributed by atoms with van der Waals surface area (Å²) in [6, 6.07) is 3.33. The lowest BCUT2D eigenvalue weighted by Crippen LogP contribution is -2.32. The minimum Gasteiger partial charge on any atom is -0.465 e. The molecule has 116 valence electrons. The van der Waals surface area contributed by atoms with E-state index in [1.54, 1.807) is 18.3 Å². The van der Waals surface area contributed by atoms with Crippen molar-refractivity contribution in [2.45, 2.75) is 25.4 Å². The van der Waals surface area contributed by atoms with Gasteiger partial charge in [0.05, 0.1) is 18.8 Å². The summed E-state index contributed by atoms with van der Waals surface area (Å²) < 4.78 is 10.5. The lowest BCUT2D eigenvalue weighted by Gasteiger charge is -2.22. The molecule has 0 unspecified atom stereocenters. The molecule has 0 bridgehead atoms. The van der Waals surface area contributed by atoms with Crippen LogP contribution in [0.4, 0.5) is 5.82 Å². The lowest BCUT2D eigenvalue weighted by atomic mass is 10.1. The molecule has 6 nitrogen and oxygen atoms in total. The molecule has 21 heavy (non-hydrogen) atoms.